The Morgan fingerprint density at radius 2 is 2.04 bits per heavy atom. The highest BCUT2D eigenvalue weighted by molar-refractivity contribution is 6.32. The van der Waals surface area contributed by atoms with E-state index in [1.165, 1.54) is 6.07 Å². The molecule has 0 spiro atoms. The van der Waals surface area contributed by atoms with Crippen molar-refractivity contribution in [3.63, 3.8) is 0 Å². The lowest BCUT2D eigenvalue weighted by Crippen LogP contribution is -2.20. The summed E-state index contributed by atoms with van der Waals surface area (Å²) in [6.45, 7) is 3.76. The van der Waals surface area contributed by atoms with E-state index < -0.39 is 5.91 Å². The number of aryl methyl sites for hydroxylation is 1. The van der Waals surface area contributed by atoms with Crippen LogP contribution in [0.15, 0.2) is 21.3 Å². The predicted molar refractivity (Wildman–Crippen MR) is 94.8 cm³/mol. The zero-order valence-corrected chi connectivity index (χ0v) is 14.7. The van der Waals surface area contributed by atoms with Gasteiger partial charge in [0.15, 0.2) is 6.61 Å². The second kappa shape index (κ2) is 8.20. The number of halogens is 1. The molecule has 0 saturated heterocycles. The van der Waals surface area contributed by atoms with Crippen LogP contribution in [0.3, 0.4) is 0 Å². The van der Waals surface area contributed by atoms with Gasteiger partial charge in [-0.05, 0) is 31.4 Å². The summed E-state index contributed by atoms with van der Waals surface area (Å²) < 4.78 is 10.7. The van der Waals surface area contributed by atoms with Crippen molar-refractivity contribution in [3.05, 3.63) is 38.7 Å². The second-order valence-electron chi connectivity index (χ2n) is 5.84. The summed E-state index contributed by atoms with van der Waals surface area (Å²) in [7, 11) is 0. The van der Waals surface area contributed by atoms with E-state index in [2.05, 4.69) is 6.92 Å². The fraction of sp³-hybridized carbons (Fsp3) is 0.444. The maximum Gasteiger partial charge on any atom is 0.339 e. The monoisotopic (exact) mass is 351 g/mol. The average molecular weight is 352 g/mol. The topological polar surface area (TPSA) is 82.5 Å². The van der Waals surface area contributed by atoms with E-state index in [4.69, 9.17) is 26.5 Å². The van der Waals surface area contributed by atoms with Crippen LogP contribution >= 0.6 is 11.6 Å². The number of unbranched alkanes of at least 4 members (excludes halogenated alkanes) is 3. The lowest BCUT2D eigenvalue weighted by molar-refractivity contribution is -0.119. The molecule has 0 unspecified atom stereocenters. The Bertz CT molecular complexity index is 798. The third-order valence-corrected chi connectivity index (χ3v) is 4.29. The van der Waals surface area contributed by atoms with Crippen LogP contribution in [-0.4, -0.2) is 12.5 Å². The van der Waals surface area contributed by atoms with E-state index in [1.807, 2.05) is 6.92 Å². The highest BCUT2D eigenvalue weighted by Gasteiger charge is 2.14. The van der Waals surface area contributed by atoms with Crippen LogP contribution in [0.1, 0.15) is 43.7 Å². The Labute approximate surface area is 145 Å². The highest BCUT2D eigenvalue weighted by Crippen LogP contribution is 2.32. The molecular formula is C18H22ClNO4. The Balaban J connectivity index is 2.35. The SMILES string of the molecule is CCCCCCc1c(C)c2cc(Cl)c(OCC(N)=O)cc2oc1=O. The minimum absolute atomic E-state index is 0.265. The van der Waals surface area contributed by atoms with E-state index in [9.17, 15) is 9.59 Å². The molecule has 0 saturated carbocycles. The van der Waals surface area contributed by atoms with Gasteiger partial charge in [0.1, 0.15) is 11.3 Å². The van der Waals surface area contributed by atoms with Crippen LogP contribution in [0, 0.1) is 6.92 Å². The molecule has 0 aliphatic carbocycles. The van der Waals surface area contributed by atoms with E-state index in [0.717, 1.165) is 36.6 Å². The summed E-state index contributed by atoms with van der Waals surface area (Å²) in [6, 6.07) is 3.22. The molecule has 2 aromatic rings. The Hall–Kier alpha value is -2.01. The molecular weight excluding hydrogens is 330 g/mol. The van der Waals surface area contributed by atoms with Crippen molar-refractivity contribution in [2.45, 2.75) is 46.0 Å². The molecule has 0 radical (unpaired) electrons. The molecule has 0 aliphatic heterocycles. The normalized spacial score (nSPS) is 11.0. The standard InChI is InChI=1S/C18H22ClNO4/c1-3-4-5-6-7-12-11(2)13-8-14(19)16(23-10-17(20)21)9-15(13)24-18(12)22/h8-9H,3-7,10H2,1-2H3,(H2,20,21). The van der Waals surface area contributed by atoms with Crippen molar-refractivity contribution < 1.29 is 13.9 Å². The third-order valence-electron chi connectivity index (χ3n) is 3.99. The molecule has 6 heteroatoms. The van der Waals surface area contributed by atoms with Crippen molar-refractivity contribution in [2.75, 3.05) is 6.61 Å². The first kappa shape index (κ1) is 18.3. The average Bonchev–Trinajstić information content (AvgIpc) is 2.53. The number of hydrogen-bond donors (Lipinski definition) is 1. The lowest BCUT2D eigenvalue weighted by Gasteiger charge is -2.11. The first-order chi connectivity index (χ1) is 11.4. The summed E-state index contributed by atoms with van der Waals surface area (Å²) in [5.41, 5.74) is 6.68. The van der Waals surface area contributed by atoms with Gasteiger partial charge in [0.25, 0.3) is 5.91 Å². The Morgan fingerprint density at radius 3 is 2.71 bits per heavy atom. The maximum absolute atomic E-state index is 12.3. The van der Waals surface area contributed by atoms with E-state index in [1.54, 1.807) is 6.07 Å². The molecule has 0 atom stereocenters. The Morgan fingerprint density at radius 1 is 1.29 bits per heavy atom. The number of rotatable bonds is 8. The van der Waals surface area contributed by atoms with Crippen molar-refractivity contribution in [2.24, 2.45) is 5.73 Å². The predicted octanol–water partition coefficient (Wildman–Crippen LogP) is 3.74. The van der Waals surface area contributed by atoms with Gasteiger partial charge in [0.05, 0.1) is 5.02 Å². The summed E-state index contributed by atoms with van der Waals surface area (Å²) in [6.07, 6.45) is 5.05. The molecule has 5 nitrogen and oxygen atoms in total. The van der Waals surface area contributed by atoms with Gasteiger partial charge in [-0.3, -0.25) is 4.79 Å². The largest absolute Gasteiger partial charge is 0.482 e. The summed E-state index contributed by atoms with van der Waals surface area (Å²) in [5.74, 6) is -0.340. The van der Waals surface area contributed by atoms with Crippen LogP contribution in [0.25, 0.3) is 11.0 Å². The fourth-order valence-corrected chi connectivity index (χ4v) is 2.89. The van der Waals surface area contributed by atoms with Gasteiger partial charge in [-0.1, -0.05) is 37.8 Å². The molecule has 1 amide bonds. The minimum atomic E-state index is -0.605. The number of carbonyl (C=O) groups excluding carboxylic acids is 1. The number of carbonyl (C=O) groups is 1. The summed E-state index contributed by atoms with van der Waals surface area (Å²) >= 11 is 6.20. The van der Waals surface area contributed by atoms with Gasteiger partial charge in [-0.2, -0.15) is 0 Å². The molecule has 1 aromatic heterocycles. The quantitative estimate of drug-likeness (QED) is 0.580. The smallest absolute Gasteiger partial charge is 0.339 e. The van der Waals surface area contributed by atoms with Crippen molar-refractivity contribution in [3.8, 4) is 5.75 Å². The Kier molecular flexibility index (Phi) is 6.26. The van der Waals surface area contributed by atoms with E-state index in [0.29, 0.717) is 22.6 Å². The molecule has 1 aromatic carbocycles. The highest BCUT2D eigenvalue weighted by atomic mass is 35.5. The van der Waals surface area contributed by atoms with Gasteiger partial charge in [-0.25, -0.2) is 4.79 Å². The van der Waals surface area contributed by atoms with E-state index >= 15 is 0 Å². The third kappa shape index (κ3) is 4.29. The molecule has 0 aliphatic rings. The van der Waals surface area contributed by atoms with Gasteiger partial charge >= 0.3 is 5.63 Å². The number of benzene rings is 1. The van der Waals surface area contributed by atoms with Gasteiger partial charge in [-0.15, -0.1) is 0 Å². The van der Waals surface area contributed by atoms with E-state index in [-0.39, 0.29) is 18.0 Å². The van der Waals surface area contributed by atoms with Crippen molar-refractivity contribution in [1.29, 1.82) is 0 Å². The number of fused-ring (bicyclic) bond motifs is 1. The van der Waals surface area contributed by atoms with Crippen LogP contribution < -0.4 is 16.1 Å². The number of primary amides is 1. The molecule has 24 heavy (non-hydrogen) atoms. The van der Waals surface area contributed by atoms with Crippen LogP contribution in [-0.2, 0) is 11.2 Å². The summed E-state index contributed by atoms with van der Waals surface area (Å²) in [5, 5.41) is 1.12. The first-order valence-corrected chi connectivity index (χ1v) is 8.48. The van der Waals surface area contributed by atoms with Crippen LogP contribution in [0.5, 0.6) is 5.75 Å². The number of nitrogens with two attached hydrogens (primary N) is 1. The molecule has 2 rings (SSSR count). The zero-order valence-electron chi connectivity index (χ0n) is 14.0. The lowest BCUT2D eigenvalue weighted by atomic mass is 10.0. The second-order valence-corrected chi connectivity index (χ2v) is 6.24. The van der Waals surface area contributed by atoms with Gasteiger partial charge < -0.3 is 14.9 Å². The molecule has 1 heterocycles. The zero-order chi connectivity index (χ0) is 17.7. The van der Waals surface area contributed by atoms with Gasteiger partial charge in [0.2, 0.25) is 0 Å². The number of amides is 1. The number of ether oxygens (including phenoxy) is 1. The van der Waals surface area contributed by atoms with Crippen molar-refractivity contribution >= 4 is 28.5 Å². The molecule has 0 fully saturated rings. The molecule has 130 valence electrons. The number of hydrogen-bond acceptors (Lipinski definition) is 4. The fourth-order valence-electron chi connectivity index (χ4n) is 2.67. The van der Waals surface area contributed by atoms with Crippen LogP contribution in [0.2, 0.25) is 5.02 Å². The molecule has 2 N–H and O–H groups in total. The molecule has 0 bridgehead atoms. The van der Waals surface area contributed by atoms with Crippen molar-refractivity contribution in [1.82, 2.24) is 0 Å². The maximum atomic E-state index is 12.3. The van der Waals surface area contributed by atoms with Gasteiger partial charge in [0, 0.05) is 17.0 Å². The first-order valence-electron chi connectivity index (χ1n) is 8.11. The summed E-state index contributed by atoms with van der Waals surface area (Å²) in [4.78, 5) is 23.1. The van der Waals surface area contributed by atoms with Crippen LogP contribution in [0.4, 0.5) is 0 Å². The minimum Gasteiger partial charge on any atom is -0.482 e.